The van der Waals surface area contributed by atoms with E-state index in [0.717, 1.165) is 41.6 Å². The predicted octanol–water partition coefficient (Wildman–Crippen LogP) is 5.34. The number of ether oxygens (including phenoxy) is 3. The van der Waals surface area contributed by atoms with Gasteiger partial charge in [-0.05, 0) is 74.9 Å². The van der Waals surface area contributed by atoms with E-state index in [1.165, 1.54) is 42.2 Å². The quantitative estimate of drug-likeness (QED) is 0.384. The average molecular weight is 496 g/mol. The van der Waals surface area contributed by atoms with Crippen LogP contribution in [0.25, 0.3) is 23.4 Å². The third kappa shape index (κ3) is 5.53. The molecule has 0 aliphatic heterocycles. The highest BCUT2D eigenvalue weighted by atomic mass is 19.1. The van der Waals surface area contributed by atoms with Gasteiger partial charge in [0.25, 0.3) is 0 Å². The van der Waals surface area contributed by atoms with Crippen LogP contribution >= 0.6 is 0 Å². The van der Waals surface area contributed by atoms with Crippen LogP contribution in [-0.2, 0) is 21.3 Å². The molecule has 1 saturated carbocycles. The van der Waals surface area contributed by atoms with Crippen LogP contribution in [0.2, 0.25) is 0 Å². The number of carbonyl (C=O) groups excluding carboxylic acids is 1. The summed E-state index contributed by atoms with van der Waals surface area (Å²) in [6, 6.07) is 4.58. The number of nitrogens with zero attached hydrogens (tertiary/aromatic N) is 1. The molecule has 2 aliphatic rings. The Kier molecular flexibility index (Phi) is 7.62. The Bertz CT molecular complexity index is 1260. The van der Waals surface area contributed by atoms with Gasteiger partial charge in [0, 0.05) is 29.9 Å². The van der Waals surface area contributed by atoms with Crippen molar-refractivity contribution in [3.8, 4) is 17.0 Å². The summed E-state index contributed by atoms with van der Waals surface area (Å²) in [5, 5.41) is 2.35. The Morgan fingerprint density at radius 3 is 2.58 bits per heavy atom. The van der Waals surface area contributed by atoms with E-state index in [-0.39, 0.29) is 12.5 Å². The van der Waals surface area contributed by atoms with E-state index in [0.29, 0.717) is 11.7 Å². The third-order valence-corrected chi connectivity index (χ3v) is 7.11. The highest BCUT2D eigenvalue weighted by Gasteiger charge is 2.28. The summed E-state index contributed by atoms with van der Waals surface area (Å²) in [6.45, 7) is 9.21. The normalized spacial score (nSPS) is 18.0. The molecule has 1 aromatic heterocycles. The van der Waals surface area contributed by atoms with Crippen molar-refractivity contribution in [2.75, 3.05) is 13.7 Å². The van der Waals surface area contributed by atoms with E-state index in [1.807, 2.05) is 27.8 Å². The first-order valence-corrected chi connectivity index (χ1v) is 12.9. The van der Waals surface area contributed by atoms with Gasteiger partial charge < -0.3 is 18.8 Å². The number of methoxy groups -OCH3 is 1. The largest absolute Gasteiger partial charge is 0.501 e. The fraction of sp³-hybridized carbons (Fsp3) is 0.500. The van der Waals surface area contributed by atoms with E-state index < -0.39 is 17.4 Å². The SMILES string of the molecule is C=C(OC)C1C=c2c(c(C3CCCCC3)c(-c3ccc(F)cc3OCC(=O)OC(C)(C)C)n2C)=CC1. The molecule has 0 N–H and O–H groups in total. The van der Waals surface area contributed by atoms with Crippen molar-refractivity contribution in [2.24, 2.45) is 13.0 Å². The molecule has 2 aliphatic carbocycles. The third-order valence-electron chi connectivity index (χ3n) is 7.11. The minimum atomic E-state index is -0.620. The molecule has 2 aromatic rings. The summed E-state index contributed by atoms with van der Waals surface area (Å²) in [4.78, 5) is 12.4. The zero-order chi connectivity index (χ0) is 26.0. The lowest BCUT2D eigenvalue weighted by atomic mass is 9.81. The second-order valence-electron chi connectivity index (χ2n) is 10.9. The van der Waals surface area contributed by atoms with E-state index in [2.05, 4.69) is 23.3 Å². The van der Waals surface area contributed by atoms with Crippen molar-refractivity contribution < 1.29 is 23.4 Å². The van der Waals surface area contributed by atoms with Crippen LogP contribution in [0.1, 0.15) is 70.8 Å². The van der Waals surface area contributed by atoms with E-state index in [4.69, 9.17) is 14.2 Å². The van der Waals surface area contributed by atoms with Gasteiger partial charge >= 0.3 is 5.97 Å². The first-order chi connectivity index (χ1) is 17.1. The van der Waals surface area contributed by atoms with Gasteiger partial charge in [-0.1, -0.05) is 31.9 Å². The predicted molar refractivity (Wildman–Crippen MR) is 140 cm³/mol. The second-order valence-corrected chi connectivity index (χ2v) is 10.9. The van der Waals surface area contributed by atoms with Gasteiger partial charge in [0.2, 0.25) is 0 Å². The molecular formula is C30H38FNO4. The van der Waals surface area contributed by atoms with Crippen LogP contribution < -0.4 is 15.3 Å². The molecule has 0 amide bonds. The molecule has 0 saturated heterocycles. The van der Waals surface area contributed by atoms with Gasteiger partial charge in [-0.2, -0.15) is 0 Å². The van der Waals surface area contributed by atoms with E-state index >= 15 is 0 Å². The molecule has 1 unspecified atom stereocenters. The molecule has 1 fully saturated rings. The van der Waals surface area contributed by atoms with Crippen LogP contribution in [0.5, 0.6) is 5.75 Å². The Morgan fingerprint density at radius 2 is 1.92 bits per heavy atom. The van der Waals surface area contributed by atoms with Gasteiger partial charge in [-0.3, -0.25) is 0 Å². The van der Waals surface area contributed by atoms with Crippen LogP contribution in [0, 0.1) is 11.7 Å². The molecule has 0 spiro atoms. The summed E-state index contributed by atoms with van der Waals surface area (Å²) < 4.78 is 33.3. The standard InChI is InChI=1S/C30H38FNO4/c1-19(34-6)21-12-14-23-25(16-21)32(5)29(28(23)20-10-8-7-9-11-20)24-15-13-22(31)17-26(24)35-18-27(33)36-30(2,3)4/h13-17,20-21H,1,7-12,18H2,2-6H3. The molecule has 4 rings (SSSR count). The number of fused-ring (bicyclic) bond motifs is 1. The fourth-order valence-corrected chi connectivity index (χ4v) is 5.49. The topological polar surface area (TPSA) is 49.7 Å². The number of carbonyl (C=O) groups is 1. The maximum absolute atomic E-state index is 14.4. The Labute approximate surface area is 213 Å². The lowest BCUT2D eigenvalue weighted by Gasteiger charge is -2.24. The second kappa shape index (κ2) is 10.5. The number of aromatic nitrogens is 1. The van der Waals surface area contributed by atoms with Gasteiger partial charge in [-0.15, -0.1) is 0 Å². The van der Waals surface area contributed by atoms with E-state index in [9.17, 15) is 9.18 Å². The van der Waals surface area contributed by atoms with Gasteiger partial charge in [0.05, 0.1) is 18.6 Å². The number of benzene rings is 1. The number of esters is 1. The zero-order valence-corrected chi connectivity index (χ0v) is 22.2. The zero-order valence-electron chi connectivity index (χ0n) is 22.2. The van der Waals surface area contributed by atoms with Gasteiger partial charge in [0.15, 0.2) is 6.61 Å². The lowest BCUT2D eigenvalue weighted by molar-refractivity contribution is -0.157. The average Bonchev–Trinajstić information content (AvgIpc) is 3.13. The number of halogens is 1. The molecule has 36 heavy (non-hydrogen) atoms. The smallest absolute Gasteiger partial charge is 0.344 e. The van der Waals surface area contributed by atoms with Crippen LogP contribution in [-0.4, -0.2) is 29.9 Å². The van der Waals surface area contributed by atoms with Crippen LogP contribution in [0.4, 0.5) is 4.39 Å². The Balaban J connectivity index is 1.83. The minimum absolute atomic E-state index is 0.0965. The summed E-state index contributed by atoms with van der Waals surface area (Å²) >= 11 is 0. The number of hydrogen-bond donors (Lipinski definition) is 0. The van der Waals surface area contributed by atoms with E-state index in [1.54, 1.807) is 13.2 Å². The first kappa shape index (κ1) is 26.1. The molecule has 6 heteroatoms. The minimum Gasteiger partial charge on any atom is -0.501 e. The monoisotopic (exact) mass is 495 g/mol. The Hall–Kier alpha value is -3.02. The summed E-state index contributed by atoms with van der Waals surface area (Å²) in [5.41, 5.74) is 2.47. The highest BCUT2D eigenvalue weighted by molar-refractivity contribution is 5.75. The maximum atomic E-state index is 14.4. The van der Waals surface area contributed by atoms with Crippen molar-refractivity contribution in [3.63, 3.8) is 0 Å². The molecule has 1 heterocycles. The van der Waals surface area contributed by atoms with Crippen LogP contribution in [0.3, 0.4) is 0 Å². The fourth-order valence-electron chi connectivity index (χ4n) is 5.49. The van der Waals surface area contributed by atoms with Crippen molar-refractivity contribution >= 4 is 18.1 Å². The first-order valence-electron chi connectivity index (χ1n) is 12.9. The summed E-state index contributed by atoms with van der Waals surface area (Å²) in [6.07, 6.45) is 11.3. The molecule has 194 valence electrons. The Morgan fingerprint density at radius 1 is 1.19 bits per heavy atom. The summed E-state index contributed by atoms with van der Waals surface area (Å²) in [7, 11) is 3.70. The molecule has 1 aromatic carbocycles. The highest BCUT2D eigenvalue weighted by Crippen LogP contribution is 2.39. The molecule has 1 atom stereocenters. The molecule has 5 nitrogen and oxygen atoms in total. The van der Waals surface area contributed by atoms with Crippen molar-refractivity contribution in [1.82, 2.24) is 4.57 Å². The lowest BCUT2D eigenvalue weighted by Crippen LogP contribution is -2.34. The van der Waals surface area contributed by atoms with Crippen molar-refractivity contribution in [1.29, 1.82) is 0 Å². The number of rotatable bonds is 7. The van der Waals surface area contributed by atoms with Crippen molar-refractivity contribution in [2.45, 2.75) is 70.8 Å². The molecule has 0 bridgehead atoms. The number of hydrogen-bond acceptors (Lipinski definition) is 4. The molecule has 0 radical (unpaired) electrons. The summed E-state index contributed by atoms with van der Waals surface area (Å²) in [5.74, 6) is 0.694. The van der Waals surface area contributed by atoms with Gasteiger partial charge in [-0.25, -0.2) is 9.18 Å². The van der Waals surface area contributed by atoms with Crippen molar-refractivity contribution in [3.05, 3.63) is 52.5 Å². The van der Waals surface area contributed by atoms with Gasteiger partial charge in [0.1, 0.15) is 17.2 Å². The number of allylic oxidation sites excluding steroid dienone is 1. The molecular weight excluding hydrogens is 457 g/mol. The maximum Gasteiger partial charge on any atom is 0.344 e. The van der Waals surface area contributed by atoms with Crippen LogP contribution in [0.15, 0.2) is 30.5 Å².